The highest BCUT2D eigenvalue weighted by atomic mass is 16.4. The van der Waals surface area contributed by atoms with E-state index >= 15 is 0 Å². The van der Waals surface area contributed by atoms with E-state index in [1.54, 1.807) is 32.2 Å². The molecule has 0 saturated carbocycles. The van der Waals surface area contributed by atoms with Crippen LogP contribution in [0.3, 0.4) is 0 Å². The van der Waals surface area contributed by atoms with Crippen LogP contribution in [-0.2, 0) is 9.59 Å². The Bertz CT molecular complexity index is 647. The highest BCUT2D eigenvalue weighted by Crippen LogP contribution is 2.27. The summed E-state index contributed by atoms with van der Waals surface area (Å²) in [5, 5.41) is 11.9. The summed E-state index contributed by atoms with van der Waals surface area (Å²) in [7, 11) is 0. The number of aliphatic carboxylic acids is 1. The highest BCUT2D eigenvalue weighted by Gasteiger charge is 2.27. The lowest BCUT2D eigenvalue weighted by Gasteiger charge is -2.24. The fourth-order valence-electron chi connectivity index (χ4n) is 2.54. The third-order valence-corrected chi connectivity index (χ3v) is 3.53. The standard InChI is InChI=1S/C18H21NO4/c1-18(2,12-16(21)22)11-15(20)19-17(14-9-6-10-23-14)13-7-4-3-5-8-13/h3-10,17H,11-12H2,1-2H3,(H,19,20)(H,21,22)/t17-/m0/s1. The smallest absolute Gasteiger partial charge is 0.303 e. The van der Waals surface area contributed by atoms with Crippen LogP contribution < -0.4 is 5.32 Å². The van der Waals surface area contributed by atoms with Crippen LogP contribution in [0.1, 0.15) is 44.1 Å². The van der Waals surface area contributed by atoms with E-state index in [1.807, 2.05) is 30.3 Å². The molecule has 23 heavy (non-hydrogen) atoms. The van der Waals surface area contributed by atoms with E-state index in [9.17, 15) is 9.59 Å². The molecular weight excluding hydrogens is 294 g/mol. The quantitative estimate of drug-likeness (QED) is 0.821. The Morgan fingerprint density at radius 2 is 1.83 bits per heavy atom. The lowest BCUT2D eigenvalue weighted by atomic mass is 9.85. The second kappa shape index (κ2) is 7.13. The SMILES string of the molecule is CC(C)(CC(=O)O)CC(=O)N[C@@H](c1ccccc1)c1ccco1. The lowest BCUT2D eigenvalue weighted by molar-refractivity contribution is -0.139. The zero-order valence-corrected chi connectivity index (χ0v) is 13.3. The molecule has 5 nitrogen and oxygen atoms in total. The van der Waals surface area contributed by atoms with Gasteiger partial charge in [-0.3, -0.25) is 9.59 Å². The van der Waals surface area contributed by atoms with Crippen molar-refractivity contribution in [1.29, 1.82) is 0 Å². The zero-order chi connectivity index (χ0) is 16.9. The maximum absolute atomic E-state index is 12.4. The minimum atomic E-state index is -0.909. The summed E-state index contributed by atoms with van der Waals surface area (Å²) in [6.45, 7) is 3.54. The van der Waals surface area contributed by atoms with Gasteiger partial charge in [0.25, 0.3) is 0 Å². The number of benzene rings is 1. The molecule has 0 aliphatic carbocycles. The van der Waals surface area contributed by atoms with Gasteiger partial charge >= 0.3 is 5.97 Å². The Hall–Kier alpha value is -2.56. The van der Waals surface area contributed by atoms with E-state index < -0.39 is 11.4 Å². The van der Waals surface area contributed by atoms with E-state index in [1.165, 1.54) is 0 Å². The fourth-order valence-corrected chi connectivity index (χ4v) is 2.54. The monoisotopic (exact) mass is 315 g/mol. The van der Waals surface area contributed by atoms with Gasteiger partial charge in [-0.2, -0.15) is 0 Å². The summed E-state index contributed by atoms with van der Waals surface area (Å²) in [5.74, 6) is -0.476. The molecule has 0 aliphatic heterocycles. The van der Waals surface area contributed by atoms with Gasteiger partial charge in [-0.1, -0.05) is 44.2 Å². The number of carboxylic acid groups (broad SMARTS) is 1. The van der Waals surface area contributed by atoms with E-state index in [0.717, 1.165) is 5.56 Å². The van der Waals surface area contributed by atoms with Gasteiger partial charge < -0.3 is 14.8 Å². The Kier molecular flexibility index (Phi) is 5.21. The van der Waals surface area contributed by atoms with Crippen molar-refractivity contribution < 1.29 is 19.1 Å². The number of hydrogen-bond acceptors (Lipinski definition) is 3. The van der Waals surface area contributed by atoms with Gasteiger partial charge in [-0.15, -0.1) is 0 Å². The van der Waals surface area contributed by atoms with E-state index in [2.05, 4.69) is 5.32 Å². The number of furan rings is 1. The van der Waals surface area contributed by atoms with Crippen LogP contribution in [0.4, 0.5) is 0 Å². The van der Waals surface area contributed by atoms with Gasteiger partial charge in [-0.25, -0.2) is 0 Å². The van der Waals surface area contributed by atoms with Gasteiger partial charge in [-0.05, 0) is 23.1 Å². The average molecular weight is 315 g/mol. The molecule has 122 valence electrons. The minimum absolute atomic E-state index is 0.0584. The molecular formula is C18H21NO4. The molecule has 2 rings (SSSR count). The van der Waals surface area contributed by atoms with Gasteiger partial charge in [0.15, 0.2) is 0 Å². The van der Waals surface area contributed by atoms with Crippen molar-refractivity contribution in [3.05, 3.63) is 60.1 Å². The number of nitrogens with one attached hydrogen (secondary N) is 1. The number of carbonyl (C=O) groups excluding carboxylic acids is 1. The second-order valence-corrected chi connectivity index (χ2v) is 6.34. The van der Waals surface area contributed by atoms with Crippen molar-refractivity contribution in [3.63, 3.8) is 0 Å². The van der Waals surface area contributed by atoms with Crippen molar-refractivity contribution in [1.82, 2.24) is 5.32 Å². The summed E-state index contributed by atoms with van der Waals surface area (Å²) in [5.41, 5.74) is 0.298. The van der Waals surface area contributed by atoms with Crippen LogP contribution in [0, 0.1) is 5.41 Å². The summed E-state index contributed by atoms with van der Waals surface area (Å²) in [6.07, 6.45) is 1.63. The Balaban J connectivity index is 2.13. The Morgan fingerprint density at radius 1 is 1.13 bits per heavy atom. The molecule has 0 radical (unpaired) electrons. The Morgan fingerprint density at radius 3 is 2.39 bits per heavy atom. The van der Waals surface area contributed by atoms with Crippen LogP contribution in [0.2, 0.25) is 0 Å². The van der Waals surface area contributed by atoms with Crippen molar-refractivity contribution in [2.75, 3.05) is 0 Å². The molecule has 0 unspecified atom stereocenters. The number of rotatable bonds is 7. The molecule has 1 heterocycles. The molecule has 1 amide bonds. The third-order valence-electron chi connectivity index (χ3n) is 3.53. The van der Waals surface area contributed by atoms with Crippen LogP contribution >= 0.6 is 0 Å². The van der Waals surface area contributed by atoms with Crippen LogP contribution in [0.25, 0.3) is 0 Å². The first-order valence-corrected chi connectivity index (χ1v) is 7.47. The van der Waals surface area contributed by atoms with E-state index in [4.69, 9.17) is 9.52 Å². The molecule has 1 atom stereocenters. The van der Waals surface area contributed by atoms with Gasteiger partial charge in [0.2, 0.25) is 5.91 Å². The summed E-state index contributed by atoms with van der Waals surface area (Å²) in [4.78, 5) is 23.3. The van der Waals surface area contributed by atoms with Crippen molar-refractivity contribution in [2.45, 2.75) is 32.7 Å². The van der Waals surface area contributed by atoms with Gasteiger partial charge in [0.05, 0.1) is 12.7 Å². The first-order chi connectivity index (χ1) is 10.9. The molecule has 0 saturated heterocycles. The van der Waals surface area contributed by atoms with Crippen LogP contribution in [0.5, 0.6) is 0 Å². The average Bonchev–Trinajstić information content (AvgIpc) is 2.97. The van der Waals surface area contributed by atoms with E-state index in [-0.39, 0.29) is 24.8 Å². The van der Waals surface area contributed by atoms with Gasteiger partial charge in [0, 0.05) is 6.42 Å². The summed E-state index contributed by atoms with van der Waals surface area (Å²) in [6, 6.07) is 12.7. The molecule has 0 spiro atoms. The predicted molar refractivity (Wildman–Crippen MR) is 85.8 cm³/mol. The van der Waals surface area contributed by atoms with Crippen molar-refractivity contribution in [3.8, 4) is 0 Å². The maximum atomic E-state index is 12.4. The summed E-state index contributed by atoms with van der Waals surface area (Å²) >= 11 is 0. The third kappa shape index (κ3) is 4.98. The van der Waals surface area contributed by atoms with Crippen molar-refractivity contribution in [2.24, 2.45) is 5.41 Å². The number of carbonyl (C=O) groups is 2. The normalized spacial score (nSPS) is 12.6. The molecule has 2 N–H and O–H groups in total. The lowest BCUT2D eigenvalue weighted by Crippen LogP contribution is -2.33. The molecule has 0 bridgehead atoms. The first-order valence-electron chi connectivity index (χ1n) is 7.47. The summed E-state index contributed by atoms with van der Waals surface area (Å²) < 4.78 is 5.44. The Labute approximate surface area is 135 Å². The molecule has 0 fully saturated rings. The number of carboxylic acids is 1. The molecule has 1 aromatic heterocycles. The topological polar surface area (TPSA) is 79.5 Å². The zero-order valence-electron chi connectivity index (χ0n) is 13.3. The fraction of sp³-hybridized carbons (Fsp3) is 0.333. The second-order valence-electron chi connectivity index (χ2n) is 6.34. The van der Waals surface area contributed by atoms with Crippen LogP contribution in [-0.4, -0.2) is 17.0 Å². The predicted octanol–water partition coefficient (Wildman–Crippen LogP) is 3.38. The molecule has 5 heteroatoms. The van der Waals surface area contributed by atoms with Gasteiger partial charge in [0.1, 0.15) is 11.8 Å². The van der Waals surface area contributed by atoms with Crippen molar-refractivity contribution >= 4 is 11.9 Å². The number of amides is 1. The maximum Gasteiger partial charge on any atom is 0.303 e. The molecule has 1 aromatic carbocycles. The minimum Gasteiger partial charge on any atom is -0.481 e. The first kappa shape index (κ1) is 16.8. The number of hydrogen-bond donors (Lipinski definition) is 2. The highest BCUT2D eigenvalue weighted by molar-refractivity contribution is 5.78. The largest absolute Gasteiger partial charge is 0.481 e. The molecule has 2 aromatic rings. The van der Waals surface area contributed by atoms with Crippen LogP contribution in [0.15, 0.2) is 53.1 Å². The molecule has 0 aliphatic rings. The van der Waals surface area contributed by atoms with E-state index in [0.29, 0.717) is 5.76 Å².